The monoisotopic (exact) mass is 260 g/mol. The first-order valence-electron chi connectivity index (χ1n) is 5.71. The highest BCUT2D eigenvalue weighted by Crippen LogP contribution is 2.32. The molecule has 2 aromatic rings. The normalized spacial score (nSPS) is 10.2. The summed E-state index contributed by atoms with van der Waals surface area (Å²) in [6.07, 6.45) is 0.588. The Kier molecular flexibility index (Phi) is 3.66. The summed E-state index contributed by atoms with van der Waals surface area (Å²) < 4.78 is 10.7. The lowest BCUT2D eigenvalue weighted by Gasteiger charge is -2.09. The van der Waals surface area contributed by atoms with E-state index in [0.717, 1.165) is 0 Å². The van der Waals surface area contributed by atoms with Crippen LogP contribution in [0.3, 0.4) is 0 Å². The van der Waals surface area contributed by atoms with Crippen LogP contribution in [-0.2, 0) is 0 Å². The molecule has 1 N–H and O–H groups in total. The smallest absolute Gasteiger partial charge is 0.335 e. The summed E-state index contributed by atoms with van der Waals surface area (Å²) in [6, 6.07) is 7.62. The van der Waals surface area contributed by atoms with Crippen LogP contribution in [0.15, 0.2) is 34.7 Å². The van der Waals surface area contributed by atoms with Gasteiger partial charge in [-0.3, -0.25) is 4.79 Å². The van der Waals surface area contributed by atoms with Gasteiger partial charge in [-0.05, 0) is 37.3 Å². The van der Waals surface area contributed by atoms with Crippen LogP contribution >= 0.6 is 0 Å². The molecule has 0 saturated carbocycles. The first kappa shape index (κ1) is 12.9. The Bertz CT molecular complexity index is 612. The van der Waals surface area contributed by atoms with Crippen LogP contribution in [0.2, 0.25) is 0 Å². The topological polar surface area (TPSA) is 76.7 Å². The zero-order chi connectivity index (χ0) is 13.8. The van der Waals surface area contributed by atoms with E-state index in [-0.39, 0.29) is 11.3 Å². The van der Waals surface area contributed by atoms with Gasteiger partial charge in [-0.25, -0.2) is 4.79 Å². The maximum absolute atomic E-state index is 11.0. The van der Waals surface area contributed by atoms with Crippen molar-refractivity contribution in [2.75, 3.05) is 6.61 Å². The quantitative estimate of drug-likeness (QED) is 0.836. The average Bonchev–Trinajstić information content (AvgIpc) is 2.88. The second-order valence-electron chi connectivity index (χ2n) is 3.77. The maximum atomic E-state index is 11.0. The highest BCUT2D eigenvalue weighted by molar-refractivity contribution is 5.90. The van der Waals surface area contributed by atoms with Crippen molar-refractivity contribution in [1.29, 1.82) is 0 Å². The fraction of sp³-hybridized carbons (Fsp3) is 0.143. The van der Waals surface area contributed by atoms with Crippen molar-refractivity contribution in [2.24, 2.45) is 0 Å². The highest BCUT2D eigenvalue weighted by Gasteiger charge is 2.14. The van der Waals surface area contributed by atoms with Gasteiger partial charge in [-0.1, -0.05) is 0 Å². The molecule has 0 aliphatic rings. The van der Waals surface area contributed by atoms with E-state index in [4.69, 9.17) is 14.3 Å². The number of hydrogen-bond donors (Lipinski definition) is 1. The number of furan rings is 1. The van der Waals surface area contributed by atoms with E-state index in [1.165, 1.54) is 18.2 Å². The molecule has 2 rings (SSSR count). The Morgan fingerprint density at radius 3 is 2.74 bits per heavy atom. The maximum Gasteiger partial charge on any atom is 0.335 e. The van der Waals surface area contributed by atoms with Crippen LogP contribution in [0.25, 0.3) is 11.3 Å². The van der Waals surface area contributed by atoms with E-state index in [9.17, 15) is 9.59 Å². The molecule has 98 valence electrons. The average molecular weight is 260 g/mol. The molecule has 0 spiro atoms. The molecular formula is C14H12O5. The second-order valence-corrected chi connectivity index (χ2v) is 3.77. The molecular weight excluding hydrogens is 248 g/mol. The molecule has 19 heavy (non-hydrogen) atoms. The zero-order valence-electron chi connectivity index (χ0n) is 10.3. The molecule has 5 nitrogen and oxygen atoms in total. The first-order chi connectivity index (χ1) is 9.15. The van der Waals surface area contributed by atoms with E-state index < -0.39 is 5.97 Å². The summed E-state index contributed by atoms with van der Waals surface area (Å²) in [5, 5.41) is 9.00. The second kappa shape index (κ2) is 5.39. The lowest BCUT2D eigenvalue weighted by Crippen LogP contribution is -1.99. The number of benzene rings is 1. The number of hydrogen-bond acceptors (Lipinski definition) is 4. The van der Waals surface area contributed by atoms with Gasteiger partial charge < -0.3 is 14.3 Å². The Morgan fingerprint density at radius 2 is 2.16 bits per heavy atom. The molecule has 5 heteroatoms. The molecule has 1 aromatic carbocycles. The van der Waals surface area contributed by atoms with Gasteiger partial charge in [0.2, 0.25) is 0 Å². The van der Waals surface area contributed by atoms with Gasteiger partial charge in [-0.2, -0.15) is 0 Å². The van der Waals surface area contributed by atoms with Crippen molar-refractivity contribution in [3.05, 3.63) is 41.7 Å². The van der Waals surface area contributed by atoms with Gasteiger partial charge in [0.25, 0.3) is 0 Å². The fourth-order valence-corrected chi connectivity index (χ4v) is 1.70. The summed E-state index contributed by atoms with van der Waals surface area (Å²) in [5.74, 6) is 0.0533. The van der Waals surface area contributed by atoms with Gasteiger partial charge in [0.05, 0.1) is 17.7 Å². The molecule has 1 aromatic heterocycles. The van der Waals surface area contributed by atoms with Crippen molar-refractivity contribution in [1.82, 2.24) is 0 Å². The Labute approximate surface area is 109 Å². The Hall–Kier alpha value is -2.56. The number of carboxylic acid groups (broad SMARTS) is 1. The minimum atomic E-state index is -1.04. The largest absolute Gasteiger partial charge is 0.493 e. The van der Waals surface area contributed by atoms with Crippen LogP contribution < -0.4 is 4.74 Å². The number of ether oxygens (including phenoxy) is 1. The number of aldehydes is 1. The van der Waals surface area contributed by atoms with E-state index >= 15 is 0 Å². The third kappa shape index (κ3) is 2.65. The van der Waals surface area contributed by atoms with E-state index in [1.807, 2.05) is 6.92 Å². The summed E-state index contributed by atoms with van der Waals surface area (Å²) in [6.45, 7) is 2.27. The fourth-order valence-electron chi connectivity index (χ4n) is 1.70. The molecule has 0 radical (unpaired) electrons. The number of carbonyl (C=O) groups is 2. The van der Waals surface area contributed by atoms with Crippen LogP contribution in [-0.4, -0.2) is 24.0 Å². The Balaban J connectivity index is 2.53. The Morgan fingerprint density at radius 1 is 1.37 bits per heavy atom. The number of carbonyl (C=O) groups excluding carboxylic acids is 1. The number of aromatic carboxylic acids is 1. The molecule has 0 unspecified atom stereocenters. The molecule has 0 bridgehead atoms. The molecule has 0 saturated heterocycles. The minimum absolute atomic E-state index is 0.127. The van der Waals surface area contributed by atoms with Gasteiger partial charge in [0.15, 0.2) is 12.0 Å². The summed E-state index contributed by atoms with van der Waals surface area (Å²) in [4.78, 5) is 21.6. The highest BCUT2D eigenvalue weighted by atomic mass is 16.5. The third-order valence-electron chi connectivity index (χ3n) is 2.53. The first-order valence-corrected chi connectivity index (χ1v) is 5.71. The van der Waals surface area contributed by atoms with Crippen LogP contribution in [0.5, 0.6) is 5.75 Å². The SMILES string of the molecule is CCOc1ccc(C(=O)O)cc1-c1ccc(C=O)o1. The van der Waals surface area contributed by atoms with Crippen LogP contribution in [0.1, 0.15) is 27.8 Å². The molecule has 0 aliphatic carbocycles. The zero-order valence-corrected chi connectivity index (χ0v) is 10.3. The number of carboxylic acids is 1. The van der Waals surface area contributed by atoms with Crippen molar-refractivity contribution in [3.63, 3.8) is 0 Å². The molecule has 0 aliphatic heterocycles. The summed E-state index contributed by atoms with van der Waals surface area (Å²) in [7, 11) is 0. The van der Waals surface area contributed by atoms with Gasteiger partial charge in [-0.15, -0.1) is 0 Å². The number of rotatable bonds is 5. The van der Waals surface area contributed by atoms with Crippen molar-refractivity contribution >= 4 is 12.3 Å². The molecule has 0 amide bonds. The van der Waals surface area contributed by atoms with Crippen molar-refractivity contribution < 1.29 is 23.8 Å². The van der Waals surface area contributed by atoms with Crippen LogP contribution in [0, 0.1) is 0 Å². The molecule has 0 fully saturated rings. The van der Waals surface area contributed by atoms with Gasteiger partial charge >= 0.3 is 5.97 Å². The van der Waals surface area contributed by atoms with E-state index in [2.05, 4.69) is 0 Å². The summed E-state index contributed by atoms with van der Waals surface area (Å²) in [5.41, 5.74) is 0.636. The van der Waals surface area contributed by atoms with E-state index in [0.29, 0.717) is 30.0 Å². The predicted molar refractivity (Wildman–Crippen MR) is 67.7 cm³/mol. The van der Waals surface area contributed by atoms with E-state index in [1.54, 1.807) is 12.1 Å². The van der Waals surface area contributed by atoms with Crippen molar-refractivity contribution in [3.8, 4) is 17.1 Å². The lowest BCUT2D eigenvalue weighted by molar-refractivity contribution is 0.0696. The van der Waals surface area contributed by atoms with Crippen molar-refractivity contribution in [2.45, 2.75) is 6.92 Å². The standard InChI is InChI=1S/C14H12O5/c1-2-18-12-5-3-9(14(16)17)7-11(12)13-6-4-10(8-15)19-13/h3-8H,2H2,1H3,(H,16,17). The van der Waals surface area contributed by atoms with Gasteiger partial charge in [0.1, 0.15) is 11.5 Å². The predicted octanol–water partition coefficient (Wildman–Crippen LogP) is 2.86. The lowest BCUT2D eigenvalue weighted by atomic mass is 10.1. The van der Waals surface area contributed by atoms with Crippen LogP contribution in [0.4, 0.5) is 0 Å². The third-order valence-corrected chi connectivity index (χ3v) is 2.53. The summed E-state index contributed by atoms with van der Waals surface area (Å²) >= 11 is 0. The molecule has 0 atom stereocenters. The minimum Gasteiger partial charge on any atom is -0.493 e. The molecule has 1 heterocycles. The van der Waals surface area contributed by atoms with Gasteiger partial charge in [0, 0.05) is 0 Å².